The molecule has 0 spiro atoms. The summed E-state index contributed by atoms with van der Waals surface area (Å²) < 4.78 is 27.1. The Kier molecular flexibility index (Phi) is 3.30. The van der Waals surface area contributed by atoms with E-state index in [0.29, 0.717) is 6.42 Å². The van der Waals surface area contributed by atoms with Gasteiger partial charge in [0.25, 0.3) is 0 Å². The van der Waals surface area contributed by atoms with Crippen molar-refractivity contribution in [2.45, 2.75) is 31.3 Å². The first-order valence-electron chi connectivity index (χ1n) is 6.83. The zero-order chi connectivity index (χ0) is 14.2. The molecule has 1 nitrogen and oxygen atoms in total. The number of aliphatic hydroxyl groups is 1. The maximum absolute atomic E-state index is 13.8. The minimum absolute atomic E-state index is 0.105. The predicted octanol–water partition coefficient (Wildman–Crippen LogP) is 3.73. The van der Waals surface area contributed by atoms with Crippen LogP contribution in [-0.4, -0.2) is 5.11 Å². The van der Waals surface area contributed by atoms with Gasteiger partial charge < -0.3 is 5.11 Å². The summed E-state index contributed by atoms with van der Waals surface area (Å²) in [7, 11) is 0. The standard InChI is InChI=1S/C17H16F2O/c18-14-7-8-16(19)13(10-14)11-17(20)9-3-5-12-4-1-2-6-15(12)17/h1-2,4,6-8,10,20H,3,5,9,11H2. The van der Waals surface area contributed by atoms with Crippen molar-refractivity contribution < 1.29 is 13.9 Å². The Morgan fingerprint density at radius 1 is 1.10 bits per heavy atom. The van der Waals surface area contributed by atoms with Crippen molar-refractivity contribution in [3.8, 4) is 0 Å². The second kappa shape index (κ2) is 4.98. The van der Waals surface area contributed by atoms with Gasteiger partial charge in [-0.3, -0.25) is 0 Å². The van der Waals surface area contributed by atoms with E-state index in [9.17, 15) is 13.9 Å². The first-order chi connectivity index (χ1) is 9.58. The van der Waals surface area contributed by atoms with Crippen molar-refractivity contribution in [3.63, 3.8) is 0 Å². The second-order valence-electron chi connectivity index (χ2n) is 5.45. The molecule has 0 aliphatic heterocycles. The molecule has 0 aromatic heterocycles. The summed E-state index contributed by atoms with van der Waals surface area (Å²) in [5, 5.41) is 10.9. The van der Waals surface area contributed by atoms with Crippen LogP contribution in [0.5, 0.6) is 0 Å². The third-order valence-electron chi connectivity index (χ3n) is 4.05. The van der Waals surface area contributed by atoms with Crippen molar-refractivity contribution in [2.24, 2.45) is 0 Å². The quantitative estimate of drug-likeness (QED) is 0.884. The highest BCUT2D eigenvalue weighted by atomic mass is 19.1. The molecule has 0 amide bonds. The molecule has 2 aromatic rings. The molecular weight excluding hydrogens is 258 g/mol. The van der Waals surface area contributed by atoms with E-state index < -0.39 is 17.2 Å². The zero-order valence-electron chi connectivity index (χ0n) is 11.1. The Hall–Kier alpha value is -1.74. The van der Waals surface area contributed by atoms with E-state index in [2.05, 4.69) is 0 Å². The van der Waals surface area contributed by atoms with Crippen LogP contribution in [0.2, 0.25) is 0 Å². The number of hydrogen-bond acceptors (Lipinski definition) is 1. The summed E-state index contributed by atoms with van der Waals surface area (Å²) in [6.07, 6.45) is 2.45. The monoisotopic (exact) mass is 274 g/mol. The van der Waals surface area contributed by atoms with Crippen molar-refractivity contribution in [1.82, 2.24) is 0 Å². The molecule has 1 N–H and O–H groups in total. The van der Waals surface area contributed by atoms with Crippen molar-refractivity contribution in [1.29, 1.82) is 0 Å². The van der Waals surface area contributed by atoms with Gasteiger partial charge in [-0.2, -0.15) is 0 Å². The molecule has 0 bridgehead atoms. The zero-order valence-corrected chi connectivity index (χ0v) is 11.1. The maximum atomic E-state index is 13.8. The van der Waals surface area contributed by atoms with E-state index in [1.807, 2.05) is 24.3 Å². The molecule has 1 aliphatic carbocycles. The summed E-state index contributed by atoms with van der Waals surface area (Å²) in [6, 6.07) is 11.1. The summed E-state index contributed by atoms with van der Waals surface area (Å²) in [6.45, 7) is 0. The second-order valence-corrected chi connectivity index (χ2v) is 5.45. The highest BCUT2D eigenvalue weighted by molar-refractivity contribution is 5.36. The number of fused-ring (bicyclic) bond motifs is 1. The van der Waals surface area contributed by atoms with Crippen LogP contribution in [0.1, 0.15) is 29.5 Å². The molecule has 3 heteroatoms. The van der Waals surface area contributed by atoms with E-state index in [0.717, 1.165) is 36.1 Å². The third-order valence-corrected chi connectivity index (χ3v) is 4.05. The van der Waals surface area contributed by atoms with Crippen LogP contribution in [0, 0.1) is 11.6 Å². The molecule has 3 rings (SSSR count). The first kappa shape index (κ1) is 13.3. The van der Waals surface area contributed by atoms with E-state index in [-0.39, 0.29) is 12.0 Å². The number of benzene rings is 2. The fourth-order valence-electron chi connectivity index (χ4n) is 3.08. The maximum Gasteiger partial charge on any atom is 0.126 e. The molecule has 104 valence electrons. The summed E-state index contributed by atoms with van der Waals surface area (Å²) >= 11 is 0. The van der Waals surface area contributed by atoms with Crippen LogP contribution in [0.4, 0.5) is 8.78 Å². The Bertz CT molecular complexity index is 639. The Morgan fingerprint density at radius 3 is 2.75 bits per heavy atom. The fourth-order valence-corrected chi connectivity index (χ4v) is 3.08. The third kappa shape index (κ3) is 2.34. The molecule has 0 saturated carbocycles. The van der Waals surface area contributed by atoms with Gasteiger partial charge in [-0.15, -0.1) is 0 Å². The topological polar surface area (TPSA) is 20.2 Å². The van der Waals surface area contributed by atoms with E-state index >= 15 is 0 Å². The fraction of sp³-hybridized carbons (Fsp3) is 0.294. The van der Waals surface area contributed by atoms with Crippen LogP contribution in [0.25, 0.3) is 0 Å². The highest BCUT2D eigenvalue weighted by Crippen LogP contribution is 2.38. The van der Waals surface area contributed by atoms with Gasteiger partial charge in [0.1, 0.15) is 11.6 Å². The van der Waals surface area contributed by atoms with Crippen LogP contribution < -0.4 is 0 Å². The average molecular weight is 274 g/mol. The van der Waals surface area contributed by atoms with Crippen LogP contribution >= 0.6 is 0 Å². The lowest BCUT2D eigenvalue weighted by atomic mass is 9.76. The number of hydrogen-bond donors (Lipinski definition) is 1. The molecule has 1 unspecified atom stereocenters. The Morgan fingerprint density at radius 2 is 1.90 bits per heavy atom. The van der Waals surface area contributed by atoms with Gasteiger partial charge >= 0.3 is 0 Å². The molecule has 0 radical (unpaired) electrons. The van der Waals surface area contributed by atoms with E-state index in [1.54, 1.807) is 0 Å². The van der Waals surface area contributed by atoms with Gasteiger partial charge in [0.15, 0.2) is 0 Å². The van der Waals surface area contributed by atoms with E-state index in [4.69, 9.17) is 0 Å². The molecule has 2 aromatic carbocycles. The Labute approximate surface area is 116 Å². The normalized spacial score (nSPS) is 21.6. The predicted molar refractivity (Wildman–Crippen MR) is 73.3 cm³/mol. The molecular formula is C17H16F2O. The molecule has 0 heterocycles. The summed E-state index contributed by atoms with van der Waals surface area (Å²) in [4.78, 5) is 0. The van der Waals surface area contributed by atoms with Crippen LogP contribution in [0.15, 0.2) is 42.5 Å². The summed E-state index contributed by atoms with van der Waals surface area (Å²) in [5.74, 6) is -0.947. The molecule has 1 atom stereocenters. The number of halogens is 2. The first-order valence-corrected chi connectivity index (χ1v) is 6.83. The minimum Gasteiger partial charge on any atom is -0.385 e. The number of aryl methyl sites for hydroxylation is 1. The molecule has 20 heavy (non-hydrogen) atoms. The molecule has 1 aliphatic rings. The largest absolute Gasteiger partial charge is 0.385 e. The van der Waals surface area contributed by atoms with Crippen molar-refractivity contribution in [3.05, 3.63) is 70.8 Å². The van der Waals surface area contributed by atoms with Gasteiger partial charge in [0, 0.05) is 6.42 Å². The van der Waals surface area contributed by atoms with Gasteiger partial charge in [0.05, 0.1) is 5.60 Å². The molecule has 0 fully saturated rings. The Balaban J connectivity index is 2.00. The van der Waals surface area contributed by atoms with Gasteiger partial charge in [-0.1, -0.05) is 24.3 Å². The SMILES string of the molecule is OC1(Cc2cc(F)ccc2F)CCCc2ccccc21. The highest BCUT2D eigenvalue weighted by Gasteiger charge is 2.34. The smallest absolute Gasteiger partial charge is 0.126 e. The van der Waals surface area contributed by atoms with Gasteiger partial charge in [-0.25, -0.2) is 8.78 Å². The average Bonchev–Trinajstić information content (AvgIpc) is 2.43. The van der Waals surface area contributed by atoms with E-state index in [1.165, 1.54) is 6.07 Å². The van der Waals surface area contributed by atoms with Gasteiger partial charge in [0.2, 0.25) is 0 Å². The van der Waals surface area contributed by atoms with Crippen LogP contribution in [0.3, 0.4) is 0 Å². The van der Waals surface area contributed by atoms with Crippen LogP contribution in [-0.2, 0) is 18.4 Å². The van der Waals surface area contributed by atoms with Gasteiger partial charge in [-0.05, 0) is 54.2 Å². The van der Waals surface area contributed by atoms with Crippen molar-refractivity contribution in [2.75, 3.05) is 0 Å². The number of rotatable bonds is 2. The van der Waals surface area contributed by atoms with Crippen molar-refractivity contribution >= 4 is 0 Å². The lowest BCUT2D eigenvalue weighted by Crippen LogP contribution is -2.33. The lowest BCUT2D eigenvalue weighted by Gasteiger charge is -2.34. The minimum atomic E-state index is -1.11. The molecule has 0 saturated heterocycles. The lowest BCUT2D eigenvalue weighted by molar-refractivity contribution is 0.0182. The summed E-state index contributed by atoms with van der Waals surface area (Å²) in [5.41, 5.74) is 1.06.